The second kappa shape index (κ2) is 6.28. The van der Waals surface area contributed by atoms with Gasteiger partial charge in [0.25, 0.3) is 0 Å². The molecule has 0 amide bonds. The van der Waals surface area contributed by atoms with Crippen LogP contribution in [0.25, 0.3) is 12.2 Å². The van der Waals surface area contributed by atoms with Crippen molar-refractivity contribution in [3.05, 3.63) is 81.9 Å². The van der Waals surface area contributed by atoms with Gasteiger partial charge in [-0.3, -0.25) is 0 Å². The van der Waals surface area contributed by atoms with Crippen molar-refractivity contribution in [3.63, 3.8) is 0 Å². The van der Waals surface area contributed by atoms with Crippen LogP contribution in [0.3, 0.4) is 0 Å². The Bertz CT molecular complexity index is 927. The molecule has 2 aliphatic carbocycles. The summed E-state index contributed by atoms with van der Waals surface area (Å²) in [5.74, 6) is 0. The predicted octanol–water partition coefficient (Wildman–Crippen LogP) is 6.42. The van der Waals surface area contributed by atoms with Gasteiger partial charge in [-0.05, 0) is 0 Å². The van der Waals surface area contributed by atoms with Crippen molar-refractivity contribution in [3.8, 4) is 0 Å². The van der Waals surface area contributed by atoms with Crippen LogP contribution in [0.2, 0.25) is 8.26 Å². The Morgan fingerprint density at radius 3 is 1.50 bits per heavy atom. The second-order valence-corrected chi connectivity index (χ2v) is 36.3. The Kier molecular flexibility index (Phi) is 4.44. The van der Waals surface area contributed by atoms with Gasteiger partial charge in [-0.25, -0.2) is 0 Å². The van der Waals surface area contributed by atoms with Gasteiger partial charge in [0.05, 0.1) is 0 Å². The van der Waals surface area contributed by atoms with Gasteiger partial charge in [0.15, 0.2) is 0 Å². The van der Waals surface area contributed by atoms with Crippen molar-refractivity contribution in [1.82, 2.24) is 0 Å². The van der Waals surface area contributed by atoms with E-state index in [1.165, 1.54) is 19.4 Å². The monoisotopic (exact) mass is 436 g/mol. The normalized spacial score (nSPS) is 21.9. The summed E-state index contributed by atoms with van der Waals surface area (Å²) in [6, 6.07) is 18.4. The molecule has 0 bridgehead atoms. The van der Waals surface area contributed by atoms with Gasteiger partial charge in [-0.2, -0.15) is 0 Å². The third kappa shape index (κ3) is 2.34. The quantitative estimate of drug-likeness (QED) is 0.484. The van der Waals surface area contributed by atoms with E-state index in [2.05, 4.69) is 95.3 Å². The van der Waals surface area contributed by atoms with E-state index in [0.29, 0.717) is 7.25 Å². The van der Waals surface area contributed by atoms with Gasteiger partial charge in [-0.1, -0.05) is 0 Å². The Morgan fingerprint density at radius 2 is 1.12 bits per heavy atom. The van der Waals surface area contributed by atoms with Crippen molar-refractivity contribution in [1.29, 1.82) is 0 Å². The first-order valence-electron chi connectivity index (χ1n) is 10.0. The molecule has 0 saturated heterocycles. The molecule has 2 unspecified atom stereocenters. The maximum atomic E-state index is 2.50. The van der Waals surface area contributed by atoms with Crippen molar-refractivity contribution in [2.24, 2.45) is 0 Å². The van der Waals surface area contributed by atoms with Gasteiger partial charge in [0.1, 0.15) is 0 Å². The van der Waals surface area contributed by atoms with E-state index in [1.54, 1.807) is 22.3 Å². The van der Waals surface area contributed by atoms with E-state index < -0.39 is 17.4 Å². The summed E-state index contributed by atoms with van der Waals surface area (Å²) in [4.78, 5) is 0. The molecular weight excluding hydrogens is 408 g/mol. The fourth-order valence-corrected chi connectivity index (χ4v) is 30.6. The third-order valence-corrected chi connectivity index (χ3v) is 38.8. The topological polar surface area (TPSA) is 0 Å². The van der Waals surface area contributed by atoms with E-state index in [1.807, 2.05) is 0 Å². The van der Waals surface area contributed by atoms with E-state index in [4.69, 9.17) is 0 Å². The van der Waals surface area contributed by atoms with Crippen LogP contribution in [0.1, 0.15) is 57.2 Å². The zero-order valence-electron chi connectivity index (χ0n) is 16.5. The molecule has 4 rings (SSSR count). The summed E-state index contributed by atoms with van der Waals surface area (Å²) in [7, 11) is 0. The van der Waals surface area contributed by atoms with Gasteiger partial charge >= 0.3 is 162 Å². The molecule has 0 aromatic heterocycles. The Hall–Kier alpha value is -0.980. The fraction of sp³-hybridized carbons (Fsp3) is 0.333. The number of rotatable bonds is 4. The van der Waals surface area contributed by atoms with E-state index in [0.717, 1.165) is 0 Å². The zero-order chi connectivity index (χ0) is 18.6. The molecule has 2 aliphatic rings. The molecule has 2 heteroatoms. The van der Waals surface area contributed by atoms with Crippen LogP contribution >= 0.6 is 0 Å². The first-order valence-corrected chi connectivity index (χ1v) is 22.3. The van der Waals surface area contributed by atoms with E-state index in [9.17, 15) is 0 Å². The summed E-state index contributed by atoms with van der Waals surface area (Å²) in [6.07, 6.45) is 4.96. The molecule has 2 aromatic carbocycles. The van der Waals surface area contributed by atoms with Crippen molar-refractivity contribution < 1.29 is 17.4 Å². The molecule has 134 valence electrons. The molecule has 0 spiro atoms. The SMILES string of the molecule is C[CH2][Zr](=[SiH2])([CH2]C)([CH]1C(C)=Cc2ccccc21)[CH]1C(C)=Cc2ccccc21. The van der Waals surface area contributed by atoms with E-state index in [-0.39, 0.29) is 0 Å². The Morgan fingerprint density at radius 1 is 0.731 bits per heavy atom. The summed E-state index contributed by atoms with van der Waals surface area (Å²) >= 11 is -3.27. The molecule has 0 aliphatic heterocycles. The van der Waals surface area contributed by atoms with Crippen molar-refractivity contribution >= 4 is 19.0 Å². The molecule has 0 saturated carbocycles. The molecule has 2 aromatic rings. The molecular formula is C24H30SiZr. The molecule has 2 atom stereocenters. The molecule has 0 radical (unpaired) electrons. The molecule has 0 heterocycles. The van der Waals surface area contributed by atoms with Crippen LogP contribution in [0.15, 0.2) is 59.7 Å². The fourth-order valence-electron chi connectivity index (χ4n) is 6.26. The summed E-state index contributed by atoms with van der Waals surface area (Å²) in [6.45, 7) is 12.3. The summed E-state index contributed by atoms with van der Waals surface area (Å²) in [5.41, 5.74) is 9.41. The average molecular weight is 438 g/mol. The van der Waals surface area contributed by atoms with E-state index >= 15 is 0 Å². The van der Waals surface area contributed by atoms with Crippen LogP contribution < -0.4 is 0 Å². The van der Waals surface area contributed by atoms with Gasteiger partial charge < -0.3 is 0 Å². The molecule has 0 N–H and O–H groups in total. The van der Waals surface area contributed by atoms with Crippen molar-refractivity contribution in [2.75, 3.05) is 0 Å². The minimum absolute atomic E-state index is 0.681. The van der Waals surface area contributed by atoms with Crippen molar-refractivity contribution in [2.45, 2.75) is 43.2 Å². The van der Waals surface area contributed by atoms with Gasteiger partial charge in [-0.15, -0.1) is 0 Å². The maximum absolute atomic E-state index is 3.27. The number of fused-ring (bicyclic) bond motifs is 2. The number of hydrogen-bond acceptors (Lipinski definition) is 0. The Balaban J connectivity index is 2.01. The van der Waals surface area contributed by atoms with Crippen LogP contribution in [-0.4, -0.2) is 6.88 Å². The molecule has 0 fully saturated rings. The summed E-state index contributed by atoms with van der Waals surface area (Å²) in [5, 5.41) is 0. The van der Waals surface area contributed by atoms with Gasteiger partial charge in [0, 0.05) is 0 Å². The number of allylic oxidation sites excluding steroid dienone is 2. The predicted molar refractivity (Wildman–Crippen MR) is 115 cm³/mol. The van der Waals surface area contributed by atoms with Crippen LogP contribution in [0, 0.1) is 0 Å². The molecule has 26 heavy (non-hydrogen) atoms. The number of benzene rings is 2. The second-order valence-electron chi connectivity index (χ2n) is 8.75. The number of hydrogen-bond donors (Lipinski definition) is 0. The summed E-state index contributed by atoms with van der Waals surface area (Å²) < 4.78 is 4.12. The van der Waals surface area contributed by atoms with Crippen LogP contribution in [0.5, 0.6) is 0 Å². The van der Waals surface area contributed by atoms with Crippen LogP contribution in [0.4, 0.5) is 0 Å². The zero-order valence-corrected chi connectivity index (χ0v) is 20.4. The third-order valence-electron chi connectivity index (χ3n) is 7.67. The van der Waals surface area contributed by atoms with Gasteiger partial charge in [0.2, 0.25) is 0 Å². The average Bonchev–Trinajstić information content (AvgIpc) is 3.17. The minimum atomic E-state index is -3.27. The Labute approximate surface area is 160 Å². The van der Waals surface area contributed by atoms with Crippen LogP contribution in [-0.2, 0) is 17.4 Å². The first kappa shape index (κ1) is 18.4. The molecule has 0 nitrogen and oxygen atoms in total. The first-order chi connectivity index (χ1) is 12.4. The standard InChI is InChI=1S/2C10H9.2C2H5.H2Si.Zr/c2*1-8-6-9-4-2-3-5-10(9)7-8;2*1-2;;/h2*2-7H,1H3;2*1H2,2H3;1H2;.